The minimum Gasteiger partial charge on any atom is -0.497 e. The highest BCUT2D eigenvalue weighted by Crippen LogP contribution is 2.29. The number of hydrogen-bond acceptors (Lipinski definition) is 3. The van der Waals surface area contributed by atoms with Gasteiger partial charge < -0.3 is 10.5 Å². The lowest BCUT2D eigenvalue weighted by Gasteiger charge is -2.36. The van der Waals surface area contributed by atoms with E-state index in [0.29, 0.717) is 5.92 Å². The molecule has 1 aliphatic rings. The molecular weight excluding hydrogens is 308 g/mol. The lowest BCUT2D eigenvalue weighted by molar-refractivity contribution is 0.181. The zero-order valence-electron chi connectivity index (χ0n) is 13.4. The van der Waals surface area contributed by atoms with Gasteiger partial charge in [-0.05, 0) is 41.7 Å². The molecule has 2 atom stereocenters. The molecule has 122 valence electrons. The number of ether oxygens (including phenoxy) is 1. The number of methoxy groups -OCH3 is 1. The first-order valence-corrected chi connectivity index (χ1v) is 8.39. The molecule has 0 spiro atoms. The quantitative estimate of drug-likeness (QED) is 0.929. The van der Waals surface area contributed by atoms with E-state index in [2.05, 4.69) is 23.1 Å². The lowest BCUT2D eigenvalue weighted by Crippen LogP contribution is -2.45. The van der Waals surface area contributed by atoms with E-state index in [1.54, 1.807) is 7.11 Å². The molecule has 1 saturated heterocycles. The molecule has 1 heterocycles. The Balaban J connectivity index is 1.72. The maximum atomic E-state index is 6.30. The maximum absolute atomic E-state index is 6.30. The summed E-state index contributed by atoms with van der Waals surface area (Å²) in [5.41, 5.74) is 8.79. The van der Waals surface area contributed by atoms with Crippen molar-refractivity contribution in [3.05, 3.63) is 64.7 Å². The Hall–Kier alpha value is -1.55. The molecule has 2 aromatic rings. The number of hydrogen-bond donors (Lipinski definition) is 1. The van der Waals surface area contributed by atoms with Gasteiger partial charge in [-0.3, -0.25) is 4.90 Å². The molecule has 0 amide bonds. The third kappa shape index (κ3) is 4.05. The number of nitrogens with two attached hydrogens (primary N) is 1. The van der Waals surface area contributed by atoms with Gasteiger partial charge in [0.15, 0.2) is 0 Å². The summed E-state index contributed by atoms with van der Waals surface area (Å²) in [6.07, 6.45) is 1.02. The Labute approximate surface area is 143 Å². The molecule has 2 unspecified atom stereocenters. The molecule has 0 radical (unpaired) electrons. The van der Waals surface area contributed by atoms with Gasteiger partial charge in [-0.2, -0.15) is 0 Å². The van der Waals surface area contributed by atoms with Crippen LogP contribution in [0.4, 0.5) is 0 Å². The summed E-state index contributed by atoms with van der Waals surface area (Å²) in [6, 6.07) is 16.6. The van der Waals surface area contributed by atoms with Crippen molar-refractivity contribution in [2.75, 3.05) is 20.2 Å². The predicted molar refractivity (Wildman–Crippen MR) is 95.1 cm³/mol. The van der Waals surface area contributed by atoms with Crippen LogP contribution >= 0.6 is 11.6 Å². The molecule has 0 saturated carbocycles. The second-order valence-electron chi connectivity index (χ2n) is 6.25. The highest BCUT2D eigenvalue weighted by molar-refractivity contribution is 6.31. The van der Waals surface area contributed by atoms with Crippen LogP contribution in [0.1, 0.15) is 23.5 Å². The molecule has 23 heavy (non-hydrogen) atoms. The second-order valence-corrected chi connectivity index (χ2v) is 6.66. The smallest absolute Gasteiger partial charge is 0.118 e. The van der Waals surface area contributed by atoms with Crippen molar-refractivity contribution < 1.29 is 4.74 Å². The Morgan fingerprint density at radius 1 is 1.13 bits per heavy atom. The normalized spacial score (nSPS) is 22.0. The molecule has 1 fully saturated rings. The van der Waals surface area contributed by atoms with Crippen molar-refractivity contribution in [2.45, 2.75) is 24.9 Å². The third-order valence-corrected chi connectivity index (χ3v) is 4.87. The number of piperidine rings is 1. The van der Waals surface area contributed by atoms with Crippen LogP contribution in [0.15, 0.2) is 48.5 Å². The van der Waals surface area contributed by atoms with E-state index in [-0.39, 0.29) is 6.04 Å². The first-order valence-electron chi connectivity index (χ1n) is 8.01. The minimum atomic E-state index is 0.193. The van der Waals surface area contributed by atoms with E-state index >= 15 is 0 Å². The van der Waals surface area contributed by atoms with Gasteiger partial charge in [0.1, 0.15) is 5.75 Å². The maximum Gasteiger partial charge on any atom is 0.118 e. The van der Waals surface area contributed by atoms with Gasteiger partial charge in [0, 0.05) is 30.7 Å². The predicted octanol–water partition coefficient (Wildman–Crippen LogP) is 3.67. The summed E-state index contributed by atoms with van der Waals surface area (Å²) in [7, 11) is 1.69. The molecule has 3 nitrogen and oxygen atoms in total. The highest BCUT2D eigenvalue weighted by atomic mass is 35.5. The highest BCUT2D eigenvalue weighted by Gasteiger charge is 2.26. The Morgan fingerprint density at radius 2 is 1.87 bits per heavy atom. The summed E-state index contributed by atoms with van der Waals surface area (Å²) >= 11 is 6.29. The molecule has 0 aliphatic carbocycles. The average Bonchev–Trinajstić information content (AvgIpc) is 2.56. The van der Waals surface area contributed by atoms with Crippen molar-refractivity contribution in [1.82, 2.24) is 4.90 Å². The van der Waals surface area contributed by atoms with Gasteiger partial charge in [-0.1, -0.05) is 41.9 Å². The number of likely N-dealkylation sites (tertiary alicyclic amines) is 1. The number of nitrogens with zero attached hydrogens (tertiary/aromatic N) is 1. The van der Waals surface area contributed by atoms with Crippen LogP contribution in [0.5, 0.6) is 5.75 Å². The monoisotopic (exact) mass is 330 g/mol. The minimum absolute atomic E-state index is 0.193. The van der Waals surface area contributed by atoms with Gasteiger partial charge in [0.25, 0.3) is 0 Å². The van der Waals surface area contributed by atoms with E-state index < -0.39 is 0 Å². The molecule has 0 bridgehead atoms. The van der Waals surface area contributed by atoms with E-state index in [0.717, 1.165) is 42.4 Å². The molecule has 4 heteroatoms. The first-order chi connectivity index (χ1) is 11.2. The second kappa shape index (κ2) is 7.35. The van der Waals surface area contributed by atoms with Crippen molar-refractivity contribution in [3.8, 4) is 5.75 Å². The fourth-order valence-corrected chi connectivity index (χ4v) is 3.54. The van der Waals surface area contributed by atoms with E-state index in [1.165, 1.54) is 5.56 Å². The van der Waals surface area contributed by atoms with Crippen molar-refractivity contribution in [2.24, 2.45) is 5.73 Å². The summed E-state index contributed by atoms with van der Waals surface area (Å²) in [4.78, 5) is 2.41. The Bertz CT molecular complexity index is 644. The number of benzene rings is 2. The van der Waals surface area contributed by atoms with Gasteiger partial charge >= 0.3 is 0 Å². The average molecular weight is 331 g/mol. The van der Waals surface area contributed by atoms with Crippen LogP contribution < -0.4 is 10.5 Å². The molecule has 0 aromatic heterocycles. The molecule has 3 rings (SSSR count). The molecular formula is C19H23ClN2O. The van der Waals surface area contributed by atoms with E-state index in [1.807, 2.05) is 30.3 Å². The van der Waals surface area contributed by atoms with Crippen molar-refractivity contribution >= 4 is 11.6 Å². The molecule has 1 aliphatic heterocycles. The van der Waals surface area contributed by atoms with Crippen LogP contribution in [0.25, 0.3) is 0 Å². The van der Waals surface area contributed by atoms with Crippen molar-refractivity contribution in [3.63, 3.8) is 0 Å². The van der Waals surface area contributed by atoms with E-state index in [4.69, 9.17) is 22.1 Å². The topological polar surface area (TPSA) is 38.5 Å². The Kier molecular flexibility index (Phi) is 5.21. The molecule has 2 N–H and O–H groups in total. The summed E-state index contributed by atoms with van der Waals surface area (Å²) in [5, 5.41) is 0.827. The first kappa shape index (κ1) is 16.3. The molecule has 2 aromatic carbocycles. The summed E-state index contributed by atoms with van der Waals surface area (Å²) < 4.78 is 5.24. The summed E-state index contributed by atoms with van der Waals surface area (Å²) in [6.45, 7) is 2.77. The number of halogens is 1. The largest absolute Gasteiger partial charge is 0.497 e. The van der Waals surface area contributed by atoms with Crippen molar-refractivity contribution in [1.29, 1.82) is 0 Å². The zero-order valence-corrected chi connectivity index (χ0v) is 14.2. The van der Waals surface area contributed by atoms with Crippen LogP contribution in [0.2, 0.25) is 5.02 Å². The number of rotatable bonds is 4. The zero-order chi connectivity index (χ0) is 16.2. The fraction of sp³-hybridized carbons (Fsp3) is 0.368. The van der Waals surface area contributed by atoms with Gasteiger partial charge in [0.2, 0.25) is 0 Å². The standard InChI is InChI=1S/C19H23ClN2O/c1-23-18-8-6-14(7-9-18)16-10-17(21)13-22(12-16)11-15-4-2-3-5-19(15)20/h2-9,16-17H,10-13,21H2,1H3. The van der Waals surface area contributed by atoms with Crippen LogP contribution in [-0.2, 0) is 6.54 Å². The van der Waals surface area contributed by atoms with Gasteiger partial charge in [0.05, 0.1) is 7.11 Å². The van der Waals surface area contributed by atoms with Crippen LogP contribution in [-0.4, -0.2) is 31.1 Å². The van der Waals surface area contributed by atoms with E-state index in [9.17, 15) is 0 Å². The lowest BCUT2D eigenvalue weighted by atomic mass is 9.88. The third-order valence-electron chi connectivity index (χ3n) is 4.50. The van der Waals surface area contributed by atoms with Crippen LogP contribution in [0, 0.1) is 0 Å². The summed E-state index contributed by atoms with van der Waals surface area (Å²) in [5.74, 6) is 1.34. The van der Waals surface area contributed by atoms with Gasteiger partial charge in [-0.25, -0.2) is 0 Å². The van der Waals surface area contributed by atoms with Gasteiger partial charge in [-0.15, -0.1) is 0 Å². The fourth-order valence-electron chi connectivity index (χ4n) is 3.35. The Morgan fingerprint density at radius 3 is 2.57 bits per heavy atom. The van der Waals surface area contributed by atoms with Crippen LogP contribution in [0.3, 0.4) is 0 Å². The SMILES string of the molecule is COc1ccc(C2CC(N)CN(Cc3ccccc3Cl)C2)cc1.